The predicted molar refractivity (Wildman–Crippen MR) is 130 cm³/mol. The molecule has 0 spiro atoms. The van der Waals surface area contributed by atoms with E-state index in [0.717, 1.165) is 61.9 Å². The highest BCUT2D eigenvalue weighted by Gasteiger charge is 2.21. The molecule has 3 N–H and O–H groups in total. The van der Waals surface area contributed by atoms with E-state index in [1.165, 1.54) is 17.2 Å². The number of fused-ring (bicyclic) bond motifs is 1. The Balaban J connectivity index is 1.58. The van der Waals surface area contributed by atoms with Crippen molar-refractivity contribution in [2.75, 3.05) is 25.0 Å². The predicted octanol–water partition coefficient (Wildman–Crippen LogP) is 5.46. The third-order valence-corrected chi connectivity index (χ3v) is 6.45. The fraction of sp³-hybridized carbons (Fsp3) is 0.360. The van der Waals surface area contributed by atoms with Gasteiger partial charge in [-0.3, -0.25) is 4.90 Å². The molecule has 0 saturated carbocycles. The lowest BCUT2D eigenvalue weighted by Gasteiger charge is -2.32. The van der Waals surface area contributed by atoms with E-state index in [1.807, 2.05) is 0 Å². The fourth-order valence-corrected chi connectivity index (χ4v) is 4.65. The fourth-order valence-electron chi connectivity index (χ4n) is 4.47. The number of hydrogen-bond acceptors (Lipinski definition) is 5. The van der Waals surface area contributed by atoms with Crippen LogP contribution < -0.4 is 11.1 Å². The highest BCUT2D eigenvalue weighted by Crippen LogP contribution is 2.30. The lowest BCUT2D eigenvalue weighted by atomic mass is 9.87. The van der Waals surface area contributed by atoms with Gasteiger partial charge >= 0.3 is 0 Å². The van der Waals surface area contributed by atoms with Crippen LogP contribution in [0.2, 0.25) is 5.02 Å². The molecule has 5 nitrogen and oxygen atoms in total. The zero-order valence-electron chi connectivity index (χ0n) is 18.4. The van der Waals surface area contributed by atoms with Gasteiger partial charge < -0.3 is 11.1 Å². The number of nitrogens with zero attached hydrogens (tertiary/aromatic N) is 3. The molecule has 1 aromatic heterocycles. The van der Waals surface area contributed by atoms with Crippen molar-refractivity contribution in [3.63, 3.8) is 0 Å². The third-order valence-electron chi connectivity index (χ3n) is 6.16. The molecule has 7 heteroatoms. The number of anilines is 2. The Kier molecular flexibility index (Phi) is 6.92. The number of aryl methyl sites for hydroxylation is 1. The van der Waals surface area contributed by atoms with E-state index in [4.69, 9.17) is 17.3 Å². The van der Waals surface area contributed by atoms with Gasteiger partial charge in [-0.2, -0.15) is 0 Å². The van der Waals surface area contributed by atoms with Gasteiger partial charge in [-0.05, 0) is 86.1 Å². The number of nitrogens with one attached hydrogen (secondary N) is 1. The molecule has 168 valence electrons. The third kappa shape index (κ3) is 5.19. The van der Waals surface area contributed by atoms with Crippen molar-refractivity contribution < 1.29 is 4.39 Å². The normalized spacial score (nSPS) is 15.2. The SMILES string of the molecule is C=C(N)CN1CCC(Cc2cc3c(Nc4ccc(F)c(Cl)c4)ncnc3cc2CC)CC1. The van der Waals surface area contributed by atoms with Gasteiger partial charge in [-0.15, -0.1) is 0 Å². The summed E-state index contributed by atoms with van der Waals surface area (Å²) in [5.41, 5.74) is 10.8. The molecule has 4 rings (SSSR count). The van der Waals surface area contributed by atoms with Gasteiger partial charge in [0.05, 0.1) is 10.5 Å². The Morgan fingerprint density at radius 3 is 2.69 bits per heavy atom. The van der Waals surface area contributed by atoms with Crippen LogP contribution >= 0.6 is 11.6 Å². The van der Waals surface area contributed by atoms with E-state index < -0.39 is 5.82 Å². The summed E-state index contributed by atoms with van der Waals surface area (Å²) in [6, 6.07) is 8.95. The topological polar surface area (TPSA) is 67.1 Å². The molecule has 0 amide bonds. The number of likely N-dealkylation sites (tertiary alicyclic amines) is 1. The van der Waals surface area contributed by atoms with Crippen LogP contribution in [0.3, 0.4) is 0 Å². The van der Waals surface area contributed by atoms with Crippen molar-refractivity contribution in [2.45, 2.75) is 32.6 Å². The van der Waals surface area contributed by atoms with Crippen LogP contribution in [0.25, 0.3) is 10.9 Å². The summed E-state index contributed by atoms with van der Waals surface area (Å²) < 4.78 is 13.5. The van der Waals surface area contributed by atoms with Crippen LogP contribution in [-0.2, 0) is 12.8 Å². The van der Waals surface area contributed by atoms with Gasteiger partial charge in [0.1, 0.15) is 18.0 Å². The Hall–Kier alpha value is -2.70. The zero-order chi connectivity index (χ0) is 22.7. The largest absolute Gasteiger partial charge is 0.401 e. The van der Waals surface area contributed by atoms with Gasteiger partial charge in [0.2, 0.25) is 0 Å². The lowest BCUT2D eigenvalue weighted by Crippen LogP contribution is -2.36. The average Bonchev–Trinajstić information content (AvgIpc) is 2.77. The number of rotatable bonds is 7. The molecule has 0 unspecified atom stereocenters. The lowest BCUT2D eigenvalue weighted by molar-refractivity contribution is 0.196. The standard InChI is InChI=1S/C25H29ClFN5/c1-3-18-12-24-21(11-19(18)10-17-6-8-32(9-7-17)14-16(2)28)25(30-15-29-24)31-20-4-5-23(27)22(26)13-20/h4-5,11-13,15,17H,2-3,6-10,14,28H2,1H3,(H,29,30,31). The van der Waals surface area contributed by atoms with E-state index >= 15 is 0 Å². The minimum Gasteiger partial charge on any atom is -0.401 e. The molecule has 1 aliphatic heterocycles. The molecule has 1 saturated heterocycles. The second-order valence-corrected chi connectivity index (χ2v) is 8.96. The molecule has 0 aliphatic carbocycles. The van der Waals surface area contributed by atoms with Crippen molar-refractivity contribution in [3.05, 3.63) is 70.9 Å². The number of halogens is 2. The summed E-state index contributed by atoms with van der Waals surface area (Å²) >= 11 is 5.95. The van der Waals surface area contributed by atoms with Crippen LogP contribution in [-0.4, -0.2) is 34.5 Å². The second-order valence-electron chi connectivity index (χ2n) is 8.55. The zero-order valence-corrected chi connectivity index (χ0v) is 19.1. The summed E-state index contributed by atoms with van der Waals surface area (Å²) in [5.74, 6) is 0.885. The molecule has 0 radical (unpaired) electrons. The Morgan fingerprint density at radius 1 is 1.22 bits per heavy atom. The number of piperidine rings is 1. The summed E-state index contributed by atoms with van der Waals surface area (Å²) in [6.45, 7) is 8.89. The molecule has 1 fully saturated rings. The minimum atomic E-state index is -0.443. The maximum absolute atomic E-state index is 13.5. The molecule has 0 bridgehead atoms. The first kappa shape index (κ1) is 22.5. The van der Waals surface area contributed by atoms with Crippen molar-refractivity contribution in [2.24, 2.45) is 11.7 Å². The van der Waals surface area contributed by atoms with Crippen molar-refractivity contribution >= 4 is 34.0 Å². The van der Waals surface area contributed by atoms with E-state index in [2.05, 4.69) is 45.8 Å². The van der Waals surface area contributed by atoms with Gasteiger partial charge in [0.25, 0.3) is 0 Å². The summed E-state index contributed by atoms with van der Waals surface area (Å²) in [6.07, 6.45) is 5.85. The van der Waals surface area contributed by atoms with Crippen LogP contribution in [0.5, 0.6) is 0 Å². The van der Waals surface area contributed by atoms with Crippen LogP contribution in [0.15, 0.2) is 48.9 Å². The minimum absolute atomic E-state index is 0.0758. The quantitative estimate of drug-likeness (QED) is 0.497. The van der Waals surface area contributed by atoms with E-state index in [-0.39, 0.29) is 5.02 Å². The first-order valence-electron chi connectivity index (χ1n) is 11.1. The monoisotopic (exact) mass is 453 g/mol. The first-order chi connectivity index (χ1) is 15.4. The summed E-state index contributed by atoms with van der Waals surface area (Å²) in [5, 5.41) is 4.31. The maximum atomic E-state index is 13.5. The molecule has 2 aromatic carbocycles. The van der Waals surface area contributed by atoms with E-state index in [9.17, 15) is 4.39 Å². The van der Waals surface area contributed by atoms with Gasteiger partial charge in [-0.25, -0.2) is 14.4 Å². The summed E-state index contributed by atoms with van der Waals surface area (Å²) in [7, 11) is 0. The van der Waals surface area contributed by atoms with Crippen molar-refractivity contribution in [3.8, 4) is 0 Å². The van der Waals surface area contributed by atoms with Crippen LogP contribution in [0.4, 0.5) is 15.9 Å². The average molecular weight is 454 g/mol. The van der Waals surface area contributed by atoms with Gasteiger partial charge in [-0.1, -0.05) is 25.1 Å². The van der Waals surface area contributed by atoms with Crippen LogP contribution in [0.1, 0.15) is 30.9 Å². The maximum Gasteiger partial charge on any atom is 0.141 e. The van der Waals surface area contributed by atoms with Crippen molar-refractivity contribution in [1.82, 2.24) is 14.9 Å². The molecular weight excluding hydrogens is 425 g/mol. The molecule has 1 aliphatic rings. The highest BCUT2D eigenvalue weighted by molar-refractivity contribution is 6.31. The Labute approximate surface area is 193 Å². The van der Waals surface area contributed by atoms with Crippen molar-refractivity contribution in [1.29, 1.82) is 0 Å². The summed E-state index contributed by atoms with van der Waals surface area (Å²) in [4.78, 5) is 11.3. The molecule has 3 aromatic rings. The number of aromatic nitrogens is 2. The van der Waals surface area contributed by atoms with E-state index in [0.29, 0.717) is 17.4 Å². The number of nitrogens with two attached hydrogens (primary N) is 1. The van der Waals surface area contributed by atoms with E-state index in [1.54, 1.807) is 18.5 Å². The molecule has 32 heavy (non-hydrogen) atoms. The molecule has 0 atom stereocenters. The molecule has 2 heterocycles. The second kappa shape index (κ2) is 9.84. The van der Waals surface area contributed by atoms with Crippen LogP contribution in [0, 0.1) is 11.7 Å². The number of hydrogen-bond donors (Lipinski definition) is 2. The first-order valence-corrected chi connectivity index (χ1v) is 11.4. The molecular formula is C25H29ClFN5. The Morgan fingerprint density at radius 2 is 2.00 bits per heavy atom. The Bertz CT molecular complexity index is 1120. The smallest absolute Gasteiger partial charge is 0.141 e. The van der Waals surface area contributed by atoms with Gasteiger partial charge in [0, 0.05) is 23.3 Å². The van der Waals surface area contributed by atoms with Gasteiger partial charge in [0.15, 0.2) is 0 Å². The highest BCUT2D eigenvalue weighted by atomic mass is 35.5. The number of benzene rings is 2.